The van der Waals surface area contributed by atoms with Crippen molar-refractivity contribution in [3.63, 3.8) is 0 Å². The van der Waals surface area contributed by atoms with Crippen LogP contribution in [0.15, 0.2) is 0 Å². The van der Waals surface area contributed by atoms with Gasteiger partial charge in [-0.25, -0.2) is 0 Å². The number of ether oxygens (including phenoxy) is 2. The van der Waals surface area contributed by atoms with Gasteiger partial charge in [-0.1, -0.05) is 0 Å². The molecule has 62 valence electrons. The number of methoxy groups -OCH3 is 2. The molecule has 0 aromatic rings. The van der Waals surface area contributed by atoms with Gasteiger partial charge in [-0.05, 0) is 13.3 Å². The van der Waals surface area contributed by atoms with E-state index < -0.39 is 5.79 Å². The fourth-order valence-electron chi connectivity index (χ4n) is 0.675. The second-order valence-corrected chi connectivity index (χ2v) is 2.71. The van der Waals surface area contributed by atoms with Crippen molar-refractivity contribution in [2.75, 3.05) is 20.1 Å². The second kappa shape index (κ2) is 4.94. The molecule has 0 aliphatic carbocycles. The van der Waals surface area contributed by atoms with Crippen molar-refractivity contribution in [3.05, 3.63) is 0 Å². The number of rotatable bonds is 5. The smallest absolute Gasteiger partial charge is 0.164 e. The Morgan fingerprint density at radius 1 is 1.30 bits per heavy atom. The molecule has 0 aromatic carbocycles. The average Bonchev–Trinajstić information content (AvgIpc) is 2.00. The van der Waals surface area contributed by atoms with Crippen LogP contribution in [0.3, 0.4) is 0 Å². The molecule has 0 rings (SSSR count). The Bertz CT molecular complexity index is 81.7. The summed E-state index contributed by atoms with van der Waals surface area (Å²) in [4.78, 5) is 0. The highest BCUT2D eigenvalue weighted by molar-refractivity contribution is 6.17. The molecule has 0 bridgehead atoms. The molecule has 0 amide bonds. The highest BCUT2D eigenvalue weighted by Gasteiger charge is 2.20. The van der Waals surface area contributed by atoms with Gasteiger partial charge >= 0.3 is 0 Å². The first-order valence-corrected chi connectivity index (χ1v) is 3.88. The normalized spacial score (nSPS) is 12.0. The zero-order chi connectivity index (χ0) is 8.04. The average molecular weight is 167 g/mol. The number of alkyl halides is 1. The molecule has 0 aromatic heterocycles. The van der Waals surface area contributed by atoms with Gasteiger partial charge in [-0.2, -0.15) is 0 Å². The van der Waals surface area contributed by atoms with Crippen molar-refractivity contribution >= 4 is 11.6 Å². The lowest BCUT2D eigenvalue weighted by Crippen LogP contribution is -2.29. The van der Waals surface area contributed by atoms with Gasteiger partial charge in [0.1, 0.15) is 0 Å². The van der Waals surface area contributed by atoms with Crippen LogP contribution in [-0.4, -0.2) is 25.9 Å². The first-order valence-electron chi connectivity index (χ1n) is 3.35. The minimum Gasteiger partial charge on any atom is -0.353 e. The first kappa shape index (κ1) is 10.2. The predicted molar refractivity (Wildman–Crippen MR) is 42.4 cm³/mol. The lowest BCUT2D eigenvalue weighted by Gasteiger charge is -2.25. The van der Waals surface area contributed by atoms with E-state index in [-0.39, 0.29) is 0 Å². The number of hydrogen-bond donors (Lipinski definition) is 0. The zero-order valence-electron chi connectivity index (χ0n) is 6.82. The van der Waals surface area contributed by atoms with Gasteiger partial charge in [0.2, 0.25) is 0 Å². The topological polar surface area (TPSA) is 18.5 Å². The standard InChI is InChI=1S/C7H15ClO2/c1-7(9-2,10-3)5-4-6-8/h4-6H2,1-3H3. The van der Waals surface area contributed by atoms with E-state index in [1.54, 1.807) is 14.2 Å². The van der Waals surface area contributed by atoms with E-state index in [9.17, 15) is 0 Å². The summed E-state index contributed by atoms with van der Waals surface area (Å²) in [7, 11) is 3.27. The van der Waals surface area contributed by atoms with Gasteiger partial charge in [0.15, 0.2) is 5.79 Å². The molecule has 3 heteroatoms. The van der Waals surface area contributed by atoms with Gasteiger partial charge in [0, 0.05) is 26.5 Å². The minimum absolute atomic E-state index is 0.450. The number of halogens is 1. The molecule has 0 spiro atoms. The van der Waals surface area contributed by atoms with E-state index in [1.165, 1.54) is 0 Å². The summed E-state index contributed by atoms with van der Waals surface area (Å²) in [5.74, 6) is 0.206. The summed E-state index contributed by atoms with van der Waals surface area (Å²) in [6.07, 6.45) is 1.75. The maximum absolute atomic E-state index is 5.51. The molecule has 2 nitrogen and oxygen atoms in total. The lowest BCUT2D eigenvalue weighted by molar-refractivity contribution is -0.197. The van der Waals surface area contributed by atoms with Crippen LogP contribution in [0.4, 0.5) is 0 Å². The van der Waals surface area contributed by atoms with Crippen LogP contribution >= 0.6 is 11.6 Å². The van der Waals surface area contributed by atoms with Crippen LogP contribution in [0.2, 0.25) is 0 Å². The Labute approximate surface area is 67.5 Å². The molecule has 0 unspecified atom stereocenters. The molecule has 0 atom stereocenters. The zero-order valence-corrected chi connectivity index (χ0v) is 7.57. The van der Waals surface area contributed by atoms with Crippen LogP contribution in [0, 0.1) is 0 Å². The van der Waals surface area contributed by atoms with Crippen molar-refractivity contribution in [1.82, 2.24) is 0 Å². The van der Waals surface area contributed by atoms with E-state index in [0.717, 1.165) is 12.8 Å². The van der Waals surface area contributed by atoms with E-state index in [1.807, 2.05) is 6.92 Å². The Morgan fingerprint density at radius 3 is 2.10 bits per heavy atom. The minimum atomic E-state index is -0.450. The highest BCUT2D eigenvalue weighted by atomic mass is 35.5. The maximum Gasteiger partial charge on any atom is 0.164 e. The third-order valence-corrected chi connectivity index (χ3v) is 1.90. The summed E-state index contributed by atoms with van der Waals surface area (Å²) < 4.78 is 10.2. The van der Waals surface area contributed by atoms with Gasteiger partial charge in [0.05, 0.1) is 0 Å². The highest BCUT2D eigenvalue weighted by Crippen LogP contribution is 2.17. The van der Waals surface area contributed by atoms with E-state index in [0.29, 0.717) is 5.88 Å². The molecule has 0 heterocycles. The molecule has 0 saturated heterocycles. The quantitative estimate of drug-likeness (QED) is 0.460. The fraction of sp³-hybridized carbons (Fsp3) is 1.00. The van der Waals surface area contributed by atoms with Crippen molar-refractivity contribution in [3.8, 4) is 0 Å². The molecule has 0 N–H and O–H groups in total. The second-order valence-electron chi connectivity index (χ2n) is 2.33. The van der Waals surface area contributed by atoms with Gasteiger partial charge < -0.3 is 9.47 Å². The van der Waals surface area contributed by atoms with Crippen LogP contribution in [0.5, 0.6) is 0 Å². The van der Waals surface area contributed by atoms with E-state index in [2.05, 4.69) is 0 Å². The van der Waals surface area contributed by atoms with Gasteiger partial charge in [-0.3, -0.25) is 0 Å². The Morgan fingerprint density at radius 2 is 1.80 bits per heavy atom. The lowest BCUT2D eigenvalue weighted by atomic mass is 10.2. The third-order valence-electron chi connectivity index (χ3n) is 1.63. The molecule has 0 aliphatic rings. The fourth-order valence-corrected chi connectivity index (χ4v) is 0.809. The summed E-state index contributed by atoms with van der Waals surface area (Å²) >= 11 is 5.51. The molecule has 0 saturated carbocycles. The Balaban J connectivity index is 3.58. The number of hydrogen-bond acceptors (Lipinski definition) is 2. The predicted octanol–water partition coefficient (Wildman–Crippen LogP) is 2.01. The molecule has 0 radical (unpaired) electrons. The van der Waals surface area contributed by atoms with E-state index >= 15 is 0 Å². The molecule has 0 fully saturated rings. The third kappa shape index (κ3) is 3.40. The van der Waals surface area contributed by atoms with Gasteiger partial charge in [-0.15, -0.1) is 11.6 Å². The van der Waals surface area contributed by atoms with Crippen LogP contribution in [0.25, 0.3) is 0 Å². The Hall–Kier alpha value is 0.210. The summed E-state index contributed by atoms with van der Waals surface area (Å²) in [6, 6.07) is 0. The van der Waals surface area contributed by atoms with E-state index in [4.69, 9.17) is 21.1 Å². The van der Waals surface area contributed by atoms with Crippen LogP contribution in [-0.2, 0) is 9.47 Å². The maximum atomic E-state index is 5.51. The molecule has 0 aliphatic heterocycles. The summed E-state index contributed by atoms with van der Waals surface area (Å²) in [6.45, 7) is 1.90. The Kier molecular flexibility index (Phi) is 5.04. The van der Waals surface area contributed by atoms with Gasteiger partial charge in [0.25, 0.3) is 0 Å². The summed E-state index contributed by atoms with van der Waals surface area (Å²) in [5.41, 5.74) is 0. The van der Waals surface area contributed by atoms with Crippen LogP contribution < -0.4 is 0 Å². The van der Waals surface area contributed by atoms with Crippen molar-refractivity contribution < 1.29 is 9.47 Å². The largest absolute Gasteiger partial charge is 0.353 e. The first-order chi connectivity index (χ1) is 4.68. The summed E-state index contributed by atoms with van der Waals surface area (Å²) in [5, 5.41) is 0. The molecular formula is C7H15ClO2. The van der Waals surface area contributed by atoms with Crippen molar-refractivity contribution in [2.24, 2.45) is 0 Å². The monoisotopic (exact) mass is 166 g/mol. The molecule has 10 heavy (non-hydrogen) atoms. The van der Waals surface area contributed by atoms with Crippen LogP contribution in [0.1, 0.15) is 19.8 Å². The van der Waals surface area contributed by atoms with Crippen molar-refractivity contribution in [1.29, 1.82) is 0 Å². The SMILES string of the molecule is COC(C)(CCCCl)OC. The molecular weight excluding hydrogens is 152 g/mol. The van der Waals surface area contributed by atoms with Crippen molar-refractivity contribution in [2.45, 2.75) is 25.6 Å².